The minimum absolute atomic E-state index is 0.166. The third-order valence-electron chi connectivity index (χ3n) is 8.40. The van der Waals surface area contributed by atoms with Crippen LogP contribution in [0.3, 0.4) is 0 Å². The summed E-state index contributed by atoms with van der Waals surface area (Å²) in [4.78, 5) is 5.48. The van der Waals surface area contributed by atoms with Gasteiger partial charge in [0.15, 0.2) is 5.75 Å². The molecule has 0 aliphatic heterocycles. The molecule has 67 heavy (non-hydrogen) atoms. The first-order chi connectivity index (χ1) is 30.7. The van der Waals surface area contributed by atoms with E-state index in [1.807, 2.05) is 0 Å². The highest BCUT2D eigenvalue weighted by Gasteiger charge is 2.29. The Kier molecular flexibility index (Phi) is 13.1. The molecule has 0 aliphatic rings. The maximum Gasteiger partial charge on any atom is 0.296 e. The van der Waals surface area contributed by atoms with Crippen LogP contribution in [0.1, 0.15) is 0 Å². The smallest absolute Gasteiger partial charge is 0.296 e. The molecular formula is C31H23ClN10O19S6. The molecule has 1 heterocycles. The predicted octanol–water partition coefficient (Wildman–Crippen LogP) is 4.76. The van der Waals surface area contributed by atoms with Crippen molar-refractivity contribution >= 4 is 135 Å². The summed E-state index contributed by atoms with van der Waals surface area (Å²) in [7, 11) is -31.1. The second-order valence-electron chi connectivity index (χ2n) is 12.9. The number of nitrogens with two attached hydrogens (primary N) is 1. The van der Waals surface area contributed by atoms with Crippen molar-refractivity contribution in [3.63, 3.8) is 0 Å². The second-order valence-corrected chi connectivity index (χ2v) is 21.6. The number of phenols is 1. The van der Waals surface area contributed by atoms with Crippen LogP contribution >= 0.6 is 11.6 Å². The van der Waals surface area contributed by atoms with Gasteiger partial charge >= 0.3 is 0 Å². The molecule has 0 atom stereocenters. The van der Waals surface area contributed by atoms with Crippen molar-refractivity contribution in [3.05, 3.63) is 78.1 Å². The summed E-state index contributed by atoms with van der Waals surface area (Å²) < 4.78 is 204. The SMILES string of the molecule is Nc1c(/N=N\c2cc(S(=O)(=O)O)ccc2S(=O)(=O)O)c(S(=O)(=O)O)cc2cc(S(=O)(=O)O)c(/N=N\c3cc(Nc4nc(Cl)nc(Nc5ccc(S(=O)(=O)O)cc5)n4)ccc3S(=O)(=O)O)c(O)c12. The van der Waals surface area contributed by atoms with Gasteiger partial charge in [0.05, 0.1) is 20.9 Å². The van der Waals surface area contributed by atoms with Crippen LogP contribution < -0.4 is 16.4 Å². The minimum Gasteiger partial charge on any atom is -0.505 e. The van der Waals surface area contributed by atoms with Gasteiger partial charge in [-0.15, -0.1) is 20.5 Å². The van der Waals surface area contributed by atoms with Gasteiger partial charge in [-0.1, -0.05) is 0 Å². The van der Waals surface area contributed by atoms with Crippen molar-refractivity contribution in [2.45, 2.75) is 29.4 Å². The summed E-state index contributed by atoms with van der Waals surface area (Å²) >= 11 is 6.03. The van der Waals surface area contributed by atoms with E-state index in [1.54, 1.807) is 0 Å². The fourth-order valence-corrected chi connectivity index (χ4v) is 9.27. The molecule has 0 aliphatic carbocycles. The number of aromatic hydroxyl groups is 1. The van der Waals surface area contributed by atoms with Crippen LogP contribution in [-0.2, 0) is 60.7 Å². The normalized spacial score (nSPS) is 13.1. The number of anilines is 5. The van der Waals surface area contributed by atoms with Gasteiger partial charge in [0.2, 0.25) is 17.2 Å². The average molecular weight is 1070 g/mol. The van der Waals surface area contributed by atoms with Crippen LogP contribution in [0.2, 0.25) is 5.28 Å². The summed E-state index contributed by atoms with van der Waals surface area (Å²) in [5.41, 5.74) is 0.774. The lowest BCUT2D eigenvalue weighted by atomic mass is 10.1. The Morgan fingerprint density at radius 2 is 0.896 bits per heavy atom. The topological polar surface area (TPSA) is 485 Å². The summed E-state index contributed by atoms with van der Waals surface area (Å²) in [6.45, 7) is 0. The van der Waals surface area contributed by atoms with Gasteiger partial charge in [0, 0.05) is 11.4 Å². The number of aromatic nitrogens is 3. The van der Waals surface area contributed by atoms with Crippen molar-refractivity contribution < 1.29 is 82.9 Å². The maximum absolute atomic E-state index is 12.6. The second kappa shape index (κ2) is 17.6. The summed E-state index contributed by atoms with van der Waals surface area (Å²) in [5.74, 6) is -2.00. The van der Waals surface area contributed by atoms with E-state index < -0.39 is 140 Å². The number of azo groups is 2. The molecule has 1 aromatic heterocycles. The zero-order chi connectivity index (χ0) is 49.8. The first-order valence-electron chi connectivity index (χ1n) is 16.9. The lowest BCUT2D eigenvalue weighted by Crippen LogP contribution is -2.05. The Bertz CT molecular complexity index is 3840. The first-order valence-corrected chi connectivity index (χ1v) is 25.9. The Balaban J connectivity index is 1.48. The van der Waals surface area contributed by atoms with E-state index in [0.29, 0.717) is 30.3 Å². The minimum atomic E-state index is -5.55. The number of phenolic OH excluding ortho intramolecular Hbond substituents is 1. The highest BCUT2D eigenvalue weighted by Crippen LogP contribution is 2.49. The molecule has 0 amide bonds. The monoisotopic (exact) mass is 1070 g/mol. The predicted molar refractivity (Wildman–Crippen MR) is 228 cm³/mol. The fourth-order valence-electron chi connectivity index (χ4n) is 5.59. The zero-order valence-electron chi connectivity index (χ0n) is 32.0. The van der Waals surface area contributed by atoms with Crippen molar-refractivity contribution in [1.29, 1.82) is 0 Å². The number of fused-ring (bicyclic) bond motifs is 1. The molecular weight excluding hydrogens is 1040 g/mol. The van der Waals surface area contributed by atoms with Crippen LogP contribution in [0.15, 0.2) is 123 Å². The van der Waals surface area contributed by atoms with Crippen molar-refractivity contribution in [2.75, 3.05) is 16.4 Å². The number of nitrogens with one attached hydrogen (secondary N) is 2. The van der Waals surface area contributed by atoms with Crippen LogP contribution in [0, 0.1) is 0 Å². The van der Waals surface area contributed by atoms with E-state index in [0.717, 1.165) is 30.3 Å². The molecule has 5 aromatic carbocycles. The van der Waals surface area contributed by atoms with E-state index >= 15 is 0 Å². The first kappa shape index (κ1) is 49.9. The third-order valence-corrected chi connectivity index (χ3v) is 13.8. The molecule has 0 fully saturated rings. The largest absolute Gasteiger partial charge is 0.505 e. The summed E-state index contributed by atoms with van der Waals surface area (Å²) in [6.07, 6.45) is 0. The highest BCUT2D eigenvalue weighted by atomic mass is 35.5. The van der Waals surface area contributed by atoms with Crippen LogP contribution in [0.4, 0.5) is 51.7 Å². The summed E-state index contributed by atoms with van der Waals surface area (Å²) in [6, 6.07) is 9.40. The fraction of sp³-hybridized carbons (Fsp3) is 0. The Morgan fingerprint density at radius 3 is 1.39 bits per heavy atom. The van der Waals surface area contributed by atoms with Crippen LogP contribution in [0.5, 0.6) is 5.75 Å². The van der Waals surface area contributed by atoms with E-state index in [1.165, 1.54) is 12.1 Å². The number of hydrogen-bond donors (Lipinski definition) is 10. The van der Waals surface area contributed by atoms with Gasteiger partial charge in [-0.2, -0.15) is 65.5 Å². The average Bonchev–Trinajstić information content (AvgIpc) is 3.17. The zero-order valence-corrected chi connectivity index (χ0v) is 37.6. The van der Waals surface area contributed by atoms with Gasteiger partial charge in [-0.25, -0.2) is 0 Å². The number of halogens is 1. The van der Waals surface area contributed by atoms with Gasteiger partial charge < -0.3 is 21.5 Å². The van der Waals surface area contributed by atoms with E-state index in [2.05, 4.69) is 46.0 Å². The number of nitrogens with zero attached hydrogens (tertiary/aromatic N) is 7. The number of hydrogen-bond acceptors (Lipinski definition) is 23. The van der Waals surface area contributed by atoms with Gasteiger partial charge in [0.1, 0.15) is 42.3 Å². The molecule has 6 aromatic rings. The molecule has 29 nitrogen and oxygen atoms in total. The van der Waals surface area contributed by atoms with Gasteiger partial charge in [-0.05, 0) is 89.8 Å². The molecule has 36 heteroatoms. The molecule has 354 valence electrons. The van der Waals surface area contributed by atoms with Crippen molar-refractivity contribution in [2.24, 2.45) is 20.5 Å². The molecule has 0 radical (unpaired) electrons. The number of rotatable bonds is 14. The molecule has 0 spiro atoms. The molecule has 0 saturated heterocycles. The van der Waals surface area contributed by atoms with Crippen molar-refractivity contribution in [1.82, 2.24) is 15.0 Å². The summed E-state index contributed by atoms with van der Waals surface area (Å²) in [5, 5.41) is 28.9. The maximum atomic E-state index is 12.6. The van der Waals surface area contributed by atoms with E-state index in [-0.39, 0.29) is 23.3 Å². The molecule has 11 N–H and O–H groups in total. The molecule has 0 saturated carbocycles. The lowest BCUT2D eigenvalue weighted by Gasteiger charge is -2.14. The van der Waals surface area contributed by atoms with Crippen molar-refractivity contribution in [3.8, 4) is 5.75 Å². The van der Waals surface area contributed by atoms with Gasteiger partial charge in [0.25, 0.3) is 60.7 Å². The lowest BCUT2D eigenvalue weighted by molar-refractivity contribution is 0.472. The third kappa shape index (κ3) is 11.4. The molecule has 0 bridgehead atoms. The van der Waals surface area contributed by atoms with Crippen LogP contribution in [-0.4, -0.2) is 97.9 Å². The Labute approximate surface area is 380 Å². The van der Waals surface area contributed by atoms with Gasteiger partial charge in [-0.3, -0.25) is 27.3 Å². The quantitative estimate of drug-likeness (QED) is 0.0399. The highest BCUT2D eigenvalue weighted by molar-refractivity contribution is 7.87. The Hall–Kier alpha value is -6.48. The van der Waals surface area contributed by atoms with E-state index in [4.69, 9.17) is 17.3 Å². The van der Waals surface area contributed by atoms with E-state index in [9.17, 15) is 82.9 Å². The number of nitrogen functional groups attached to an aromatic ring is 1. The number of benzene rings is 5. The van der Waals surface area contributed by atoms with Crippen LogP contribution in [0.25, 0.3) is 10.8 Å². The Morgan fingerprint density at radius 1 is 0.478 bits per heavy atom. The standard InChI is InChI=1S/C31H23ClN10O19S6/c32-29-36-30(34-14-1-4-16(5-2-14)62(44,45)46)38-31(37-29)35-15-3-7-20(64(50,51)52)18(11-15)39-42-27-23(67(59,60)61)10-13-9-22(66(56,57)58)26(25(33)24(13)28(27)43)41-40-19-12-17(63(47,48)49)6-8-21(19)65(53,54)55/h1-12,43H,33H2,(H,44,45,46)(H,47,48,49)(H,50,51,52)(H,53,54,55)(H,56,57,58)(H,59,60,61)(H2,34,35,36,37,38)/b41-40-,42-39-. The molecule has 0 unspecified atom stereocenters. The molecule has 6 rings (SSSR count).